The van der Waals surface area contributed by atoms with E-state index in [1.54, 1.807) is 0 Å². The zero-order valence-corrected chi connectivity index (χ0v) is 15.6. The lowest BCUT2D eigenvalue weighted by Gasteiger charge is -2.31. The van der Waals surface area contributed by atoms with Gasteiger partial charge in [-0.3, -0.25) is 4.98 Å². The summed E-state index contributed by atoms with van der Waals surface area (Å²) in [5.74, 6) is 0.411. The molecule has 0 aliphatic carbocycles. The summed E-state index contributed by atoms with van der Waals surface area (Å²) in [7, 11) is 0. The van der Waals surface area contributed by atoms with Crippen molar-refractivity contribution >= 4 is 11.3 Å². The van der Waals surface area contributed by atoms with E-state index in [2.05, 4.69) is 73.4 Å². The van der Waals surface area contributed by atoms with Crippen molar-refractivity contribution in [3.05, 3.63) is 39.9 Å². The maximum Gasteiger partial charge on any atom is 0.0709 e. The minimum atomic E-state index is 0.411. The van der Waals surface area contributed by atoms with E-state index in [-0.39, 0.29) is 0 Å². The first-order chi connectivity index (χ1) is 10.2. The van der Waals surface area contributed by atoms with Gasteiger partial charge in [0.15, 0.2) is 0 Å². The Morgan fingerprint density at radius 2 is 1.50 bits per heavy atom. The van der Waals surface area contributed by atoms with Gasteiger partial charge in [0, 0.05) is 23.5 Å². The Balaban J connectivity index is 2.96. The summed E-state index contributed by atoms with van der Waals surface area (Å²) in [6.45, 7) is 20.0. The molecule has 22 heavy (non-hydrogen) atoms. The van der Waals surface area contributed by atoms with Crippen LogP contribution in [0.3, 0.4) is 0 Å². The van der Waals surface area contributed by atoms with E-state index < -0.39 is 0 Å². The topological polar surface area (TPSA) is 16.1 Å². The van der Waals surface area contributed by atoms with Gasteiger partial charge in [0.05, 0.1) is 11.4 Å². The number of aromatic nitrogens is 1. The minimum absolute atomic E-state index is 0.411. The molecule has 0 saturated heterocycles. The Morgan fingerprint density at radius 3 is 2.00 bits per heavy atom. The van der Waals surface area contributed by atoms with Crippen molar-refractivity contribution in [3.63, 3.8) is 0 Å². The second kappa shape index (κ2) is 5.91. The van der Waals surface area contributed by atoms with Crippen LogP contribution in [0.25, 0.3) is 5.57 Å². The highest BCUT2D eigenvalue weighted by molar-refractivity contribution is 5.85. The van der Waals surface area contributed by atoms with Crippen LogP contribution in [0, 0.1) is 13.8 Å². The summed E-state index contributed by atoms with van der Waals surface area (Å²) in [6.07, 6.45) is 2.30. The molecule has 120 valence electrons. The number of hydrogen-bond donors (Lipinski definition) is 0. The van der Waals surface area contributed by atoms with Gasteiger partial charge in [-0.15, -0.1) is 0 Å². The average molecular weight is 298 g/mol. The highest BCUT2D eigenvalue weighted by Crippen LogP contribution is 2.42. The molecule has 0 spiro atoms. The fourth-order valence-electron chi connectivity index (χ4n) is 3.19. The van der Waals surface area contributed by atoms with Gasteiger partial charge >= 0.3 is 0 Å². The summed E-state index contributed by atoms with van der Waals surface area (Å²) in [5, 5.41) is 0. The molecule has 2 nitrogen and oxygen atoms in total. The molecule has 1 aliphatic rings. The molecular formula is C20H30N2. The van der Waals surface area contributed by atoms with Crippen LogP contribution in [-0.4, -0.2) is 11.0 Å². The van der Waals surface area contributed by atoms with Crippen molar-refractivity contribution in [3.8, 4) is 0 Å². The number of aryl methyl sites for hydroxylation is 1. The van der Waals surface area contributed by atoms with Gasteiger partial charge < -0.3 is 4.90 Å². The molecule has 0 radical (unpaired) electrons. The molecule has 0 amide bonds. The van der Waals surface area contributed by atoms with Crippen LogP contribution in [0.2, 0.25) is 0 Å². The third-order valence-electron chi connectivity index (χ3n) is 4.91. The van der Waals surface area contributed by atoms with E-state index in [1.165, 1.54) is 39.2 Å². The number of allylic oxidation sites excluding steroid dienone is 3. The third kappa shape index (κ3) is 2.60. The van der Waals surface area contributed by atoms with Crippen molar-refractivity contribution in [2.24, 2.45) is 0 Å². The Bertz CT molecular complexity index is 661. The maximum absolute atomic E-state index is 4.95. The Kier molecular flexibility index (Phi) is 4.51. The highest BCUT2D eigenvalue weighted by atomic mass is 15.2. The monoisotopic (exact) mass is 298 g/mol. The molecule has 1 aromatic rings. The number of pyridine rings is 1. The SMILES string of the molecule is CC1=CN(C(C)C)c2c(C(C)C)nc(C)c(C)c2C(C)=C1C. The zero-order valence-electron chi connectivity index (χ0n) is 15.6. The summed E-state index contributed by atoms with van der Waals surface area (Å²) in [6, 6.07) is 0.411. The summed E-state index contributed by atoms with van der Waals surface area (Å²) in [4.78, 5) is 7.37. The number of anilines is 1. The van der Waals surface area contributed by atoms with Crippen LogP contribution in [-0.2, 0) is 0 Å². The first kappa shape index (κ1) is 16.8. The van der Waals surface area contributed by atoms with E-state index in [1.807, 2.05) is 0 Å². The van der Waals surface area contributed by atoms with Crippen LogP contribution in [0.4, 0.5) is 5.69 Å². The van der Waals surface area contributed by atoms with Crippen LogP contribution in [0.5, 0.6) is 0 Å². The van der Waals surface area contributed by atoms with Crippen LogP contribution < -0.4 is 4.90 Å². The summed E-state index contributed by atoms with van der Waals surface area (Å²) in [5.41, 5.74) is 10.5. The molecule has 2 heterocycles. The van der Waals surface area contributed by atoms with Crippen molar-refractivity contribution in [2.75, 3.05) is 4.90 Å². The lowest BCUT2D eigenvalue weighted by atomic mass is 9.91. The lowest BCUT2D eigenvalue weighted by molar-refractivity contribution is 0.745. The third-order valence-corrected chi connectivity index (χ3v) is 4.91. The van der Waals surface area contributed by atoms with Crippen molar-refractivity contribution < 1.29 is 0 Å². The maximum atomic E-state index is 4.95. The molecule has 0 unspecified atom stereocenters. The lowest BCUT2D eigenvalue weighted by Crippen LogP contribution is -2.28. The number of fused-ring (bicyclic) bond motifs is 1. The van der Waals surface area contributed by atoms with Crippen LogP contribution in [0.15, 0.2) is 17.3 Å². The second-order valence-electron chi connectivity index (χ2n) is 7.15. The molecule has 0 aromatic carbocycles. The standard InChI is InChI=1S/C20H30N2/c1-11(2)19-20-18(16(8)17(9)21-19)15(7)14(6)13(5)10-22(20)12(3)4/h10-12H,1-9H3. The Morgan fingerprint density at radius 1 is 0.909 bits per heavy atom. The molecule has 2 heteroatoms. The molecule has 2 rings (SSSR count). The highest BCUT2D eigenvalue weighted by Gasteiger charge is 2.26. The normalized spacial score (nSPS) is 15.4. The average Bonchev–Trinajstić information content (AvgIpc) is 2.53. The van der Waals surface area contributed by atoms with Gasteiger partial charge in [0.1, 0.15) is 0 Å². The van der Waals surface area contributed by atoms with E-state index in [9.17, 15) is 0 Å². The molecule has 0 saturated carbocycles. The fourth-order valence-corrected chi connectivity index (χ4v) is 3.19. The van der Waals surface area contributed by atoms with Crippen molar-refractivity contribution in [2.45, 2.75) is 74.3 Å². The second-order valence-corrected chi connectivity index (χ2v) is 7.15. The van der Waals surface area contributed by atoms with E-state index >= 15 is 0 Å². The number of rotatable bonds is 2. The van der Waals surface area contributed by atoms with Gasteiger partial charge in [0.25, 0.3) is 0 Å². The molecule has 0 atom stereocenters. The molecule has 0 N–H and O–H groups in total. The van der Waals surface area contributed by atoms with Crippen molar-refractivity contribution in [1.82, 2.24) is 4.98 Å². The van der Waals surface area contributed by atoms with E-state index in [0.717, 1.165) is 5.69 Å². The summed E-state index contributed by atoms with van der Waals surface area (Å²) < 4.78 is 0. The van der Waals surface area contributed by atoms with Gasteiger partial charge in [0.2, 0.25) is 0 Å². The first-order valence-corrected chi connectivity index (χ1v) is 8.32. The quantitative estimate of drug-likeness (QED) is 0.691. The Labute approximate surface area is 135 Å². The largest absolute Gasteiger partial charge is 0.343 e. The van der Waals surface area contributed by atoms with Gasteiger partial charge in [-0.25, -0.2) is 0 Å². The molecule has 1 aliphatic heterocycles. The molecule has 0 fully saturated rings. The fraction of sp³-hybridized carbons (Fsp3) is 0.550. The smallest absolute Gasteiger partial charge is 0.0709 e. The molecule has 1 aromatic heterocycles. The van der Waals surface area contributed by atoms with Crippen molar-refractivity contribution in [1.29, 1.82) is 0 Å². The summed E-state index contributed by atoms with van der Waals surface area (Å²) >= 11 is 0. The molecular weight excluding hydrogens is 268 g/mol. The zero-order chi connectivity index (χ0) is 16.8. The predicted molar refractivity (Wildman–Crippen MR) is 97.4 cm³/mol. The van der Waals surface area contributed by atoms with E-state index in [4.69, 9.17) is 4.98 Å². The molecule has 0 bridgehead atoms. The van der Waals surface area contributed by atoms with Gasteiger partial charge in [-0.2, -0.15) is 0 Å². The minimum Gasteiger partial charge on any atom is -0.343 e. The number of nitrogens with zero attached hydrogens (tertiary/aromatic N) is 2. The Hall–Kier alpha value is -1.57. The number of hydrogen-bond acceptors (Lipinski definition) is 2. The predicted octanol–water partition coefficient (Wildman–Crippen LogP) is 5.75. The van der Waals surface area contributed by atoms with Crippen LogP contribution >= 0.6 is 0 Å². The van der Waals surface area contributed by atoms with Gasteiger partial charge in [-0.05, 0) is 76.7 Å². The van der Waals surface area contributed by atoms with E-state index in [0.29, 0.717) is 12.0 Å². The van der Waals surface area contributed by atoms with Crippen LogP contribution in [0.1, 0.15) is 76.9 Å². The van der Waals surface area contributed by atoms with Gasteiger partial charge in [-0.1, -0.05) is 13.8 Å². The first-order valence-electron chi connectivity index (χ1n) is 8.32.